The van der Waals surface area contributed by atoms with Gasteiger partial charge in [0.05, 0.1) is 6.20 Å². The molecule has 0 aliphatic heterocycles. The van der Waals surface area contributed by atoms with Crippen molar-refractivity contribution in [3.8, 4) is 11.1 Å². The first-order valence-corrected chi connectivity index (χ1v) is 5.45. The smallest absolute Gasteiger partial charge is 0.162 e. The van der Waals surface area contributed by atoms with Gasteiger partial charge in [-0.3, -0.25) is 0 Å². The zero-order chi connectivity index (χ0) is 11.7. The average Bonchev–Trinajstić information content (AvgIpc) is 2.82. The van der Waals surface area contributed by atoms with Gasteiger partial charge in [0.2, 0.25) is 0 Å². The van der Waals surface area contributed by atoms with Crippen molar-refractivity contribution in [2.24, 2.45) is 0 Å². The Morgan fingerprint density at radius 1 is 1.24 bits per heavy atom. The summed E-state index contributed by atoms with van der Waals surface area (Å²) < 4.78 is 1.78. The van der Waals surface area contributed by atoms with E-state index in [1.165, 1.54) is 0 Å². The van der Waals surface area contributed by atoms with Crippen molar-refractivity contribution in [3.63, 3.8) is 0 Å². The van der Waals surface area contributed by atoms with Crippen molar-refractivity contribution in [2.75, 3.05) is 12.4 Å². The molecule has 0 radical (unpaired) electrons. The fraction of sp³-hybridized carbons (Fsp3) is 0.0769. The fourth-order valence-electron chi connectivity index (χ4n) is 1.87. The van der Waals surface area contributed by atoms with E-state index in [0.29, 0.717) is 0 Å². The van der Waals surface area contributed by atoms with E-state index >= 15 is 0 Å². The molecular formula is C13H12N4. The second-order valence-electron chi connectivity index (χ2n) is 3.78. The third kappa shape index (κ3) is 1.63. The van der Waals surface area contributed by atoms with Gasteiger partial charge in [-0.15, -0.1) is 0 Å². The van der Waals surface area contributed by atoms with Gasteiger partial charge in [0.1, 0.15) is 0 Å². The predicted octanol–water partition coefficient (Wildman–Crippen LogP) is 2.44. The normalized spacial score (nSPS) is 10.6. The Bertz CT molecular complexity index is 657. The monoisotopic (exact) mass is 224 g/mol. The molecule has 0 aliphatic carbocycles. The Balaban J connectivity index is 2.20. The molecule has 0 saturated carbocycles. The van der Waals surface area contributed by atoms with Crippen LogP contribution >= 0.6 is 0 Å². The maximum absolute atomic E-state index is 4.35. The first-order chi connectivity index (χ1) is 8.38. The van der Waals surface area contributed by atoms with E-state index in [2.05, 4.69) is 27.5 Å². The Hall–Kier alpha value is -2.36. The summed E-state index contributed by atoms with van der Waals surface area (Å²) in [4.78, 5) is 4.35. The summed E-state index contributed by atoms with van der Waals surface area (Å²) in [5.41, 5.74) is 4.12. The van der Waals surface area contributed by atoms with Gasteiger partial charge in [0.15, 0.2) is 5.65 Å². The molecule has 4 nitrogen and oxygen atoms in total. The largest absolute Gasteiger partial charge is 0.388 e. The van der Waals surface area contributed by atoms with Crippen LogP contribution < -0.4 is 5.32 Å². The second kappa shape index (κ2) is 3.90. The Labute approximate surface area is 98.9 Å². The van der Waals surface area contributed by atoms with Crippen LogP contribution in [-0.2, 0) is 0 Å². The highest BCUT2D eigenvalue weighted by molar-refractivity contribution is 5.78. The molecule has 0 saturated heterocycles. The first kappa shape index (κ1) is 9.84. The maximum atomic E-state index is 4.35. The summed E-state index contributed by atoms with van der Waals surface area (Å²) in [6.07, 6.45) is 5.52. The predicted molar refractivity (Wildman–Crippen MR) is 68.0 cm³/mol. The van der Waals surface area contributed by atoms with E-state index in [4.69, 9.17) is 0 Å². The first-order valence-electron chi connectivity index (χ1n) is 5.45. The van der Waals surface area contributed by atoms with Crippen LogP contribution in [0, 0.1) is 0 Å². The van der Waals surface area contributed by atoms with Crippen LogP contribution in [0.4, 0.5) is 5.69 Å². The summed E-state index contributed by atoms with van der Waals surface area (Å²) in [5.74, 6) is 0. The number of hydrogen-bond acceptors (Lipinski definition) is 3. The SMILES string of the molecule is CNc1cccc(-c2cnn3cccnc23)c1. The van der Waals surface area contributed by atoms with E-state index in [9.17, 15) is 0 Å². The maximum Gasteiger partial charge on any atom is 0.162 e. The average molecular weight is 224 g/mol. The van der Waals surface area contributed by atoms with Crippen LogP contribution in [0.25, 0.3) is 16.8 Å². The Morgan fingerprint density at radius 3 is 3.06 bits per heavy atom. The minimum atomic E-state index is 0.876. The van der Waals surface area contributed by atoms with E-state index in [1.54, 1.807) is 10.7 Å². The van der Waals surface area contributed by atoms with Crippen LogP contribution in [0.5, 0.6) is 0 Å². The lowest BCUT2D eigenvalue weighted by Gasteiger charge is -2.03. The van der Waals surface area contributed by atoms with Crippen molar-refractivity contribution >= 4 is 11.3 Å². The molecule has 1 N–H and O–H groups in total. The number of nitrogens with one attached hydrogen (secondary N) is 1. The van der Waals surface area contributed by atoms with Crippen molar-refractivity contribution in [3.05, 3.63) is 48.9 Å². The molecule has 3 aromatic rings. The molecule has 1 aromatic carbocycles. The number of hydrogen-bond donors (Lipinski definition) is 1. The third-order valence-corrected chi connectivity index (χ3v) is 2.74. The number of fused-ring (bicyclic) bond motifs is 1. The number of benzene rings is 1. The Morgan fingerprint density at radius 2 is 2.18 bits per heavy atom. The van der Waals surface area contributed by atoms with E-state index < -0.39 is 0 Å². The van der Waals surface area contributed by atoms with Crippen LogP contribution in [0.2, 0.25) is 0 Å². The van der Waals surface area contributed by atoms with Crippen LogP contribution in [0.3, 0.4) is 0 Å². The lowest BCUT2D eigenvalue weighted by molar-refractivity contribution is 0.939. The van der Waals surface area contributed by atoms with Gasteiger partial charge < -0.3 is 5.32 Å². The summed E-state index contributed by atoms with van der Waals surface area (Å²) in [7, 11) is 1.91. The number of rotatable bonds is 2. The lowest BCUT2D eigenvalue weighted by Crippen LogP contribution is -1.89. The zero-order valence-electron chi connectivity index (χ0n) is 9.46. The Kier molecular flexibility index (Phi) is 2.26. The fourth-order valence-corrected chi connectivity index (χ4v) is 1.87. The van der Waals surface area contributed by atoms with Gasteiger partial charge in [-0.1, -0.05) is 12.1 Å². The highest BCUT2D eigenvalue weighted by Gasteiger charge is 2.07. The molecule has 84 valence electrons. The summed E-state index contributed by atoms with van der Waals surface area (Å²) >= 11 is 0. The molecular weight excluding hydrogens is 212 g/mol. The quantitative estimate of drug-likeness (QED) is 0.727. The molecule has 0 bridgehead atoms. The topological polar surface area (TPSA) is 42.2 Å². The van der Waals surface area contributed by atoms with Crippen LogP contribution in [0.15, 0.2) is 48.9 Å². The zero-order valence-corrected chi connectivity index (χ0v) is 9.46. The molecule has 4 heteroatoms. The van der Waals surface area contributed by atoms with Gasteiger partial charge in [-0.25, -0.2) is 9.50 Å². The molecule has 0 spiro atoms. The molecule has 0 atom stereocenters. The molecule has 0 fully saturated rings. The molecule has 17 heavy (non-hydrogen) atoms. The molecule has 0 unspecified atom stereocenters. The van der Waals surface area contributed by atoms with E-state index in [0.717, 1.165) is 22.5 Å². The van der Waals surface area contributed by atoms with Crippen molar-refractivity contribution in [2.45, 2.75) is 0 Å². The molecule has 2 aromatic heterocycles. The summed E-state index contributed by atoms with van der Waals surface area (Å²) in [6.45, 7) is 0. The standard InChI is InChI=1S/C13H12N4/c1-14-11-5-2-4-10(8-11)12-9-16-17-7-3-6-15-13(12)17/h2-9,14H,1H3. The summed E-state index contributed by atoms with van der Waals surface area (Å²) in [5, 5.41) is 7.41. The highest BCUT2D eigenvalue weighted by Crippen LogP contribution is 2.25. The molecule has 3 rings (SSSR count). The molecule has 2 heterocycles. The van der Waals surface area contributed by atoms with Gasteiger partial charge >= 0.3 is 0 Å². The van der Waals surface area contributed by atoms with Crippen LogP contribution in [0.1, 0.15) is 0 Å². The van der Waals surface area contributed by atoms with Crippen molar-refractivity contribution in [1.29, 1.82) is 0 Å². The number of anilines is 1. The second-order valence-corrected chi connectivity index (χ2v) is 3.78. The molecule has 0 aliphatic rings. The van der Waals surface area contributed by atoms with E-state index in [1.807, 2.05) is 37.6 Å². The minimum absolute atomic E-state index is 0.876. The number of aromatic nitrogens is 3. The van der Waals surface area contributed by atoms with Gasteiger partial charge in [0, 0.05) is 30.7 Å². The minimum Gasteiger partial charge on any atom is -0.388 e. The van der Waals surface area contributed by atoms with Crippen molar-refractivity contribution in [1.82, 2.24) is 14.6 Å². The van der Waals surface area contributed by atoms with Crippen molar-refractivity contribution < 1.29 is 0 Å². The highest BCUT2D eigenvalue weighted by atomic mass is 15.2. The van der Waals surface area contributed by atoms with Gasteiger partial charge in [-0.2, -0.15) is 5.10 Å². The van der Waals surface area contributed by atoms with Gasteiger partial charge in [0.25, 0.3) is 0 Å². The van der Waals surface area contributed by atoms with Gasteiger partial charge in [-0.05, 0) is 23.8 Å². The third-order valence-electron chi connectivity index (χ3n) is 2.74. The van der Waals surface area contributed by atoms with Crippen LogP contribution in [-0.4, -0.2) is 21.6 Å². The summed E-state index contributed by atoms with van der Waals surface area (Å²) in [6, 6.07) is 10.1. The number of nitrogens with zero attached hydrogens (tertiary/aromatic N) is 3. The molecule has 0 amide bonds. The van der Waals surface area contributed by atoms with E-state index in [-0.39, 0.29) is 0 Å². The lowest BCUT2D eigenvalue weighted by atomic mass is 10.1.